The van der Waals surface area contributed by atoms with Crippen LogP contribution in [0.4, 0.5) is 5.69 Å². The summed E-state index contributed by atoms with van der Waals surface area (Å²) in [6.07, 6.45) is 3.62. The van der Waals surface area contributed by atoms with E-state index in [-0.39, 0.29) is 12.0 Å². The van der Waals surface area contributed by atoms with Crippen LogP contribution < -0.4 is 4.90 Å². The molecule has 184 valence electrons. The number of para-hydroxylation sites is 1. The Kier molecular flexibility index (Phi) is 7.06. The van der Waals surface area contributed by atoms with Crippen LogP contribution in [-0.2, 0) is 4.74 Å². The summed E-state index contributed by atoms with van der Waals surface area (Å²) in [4.78, 5) is 20.3. The van der Waals surface area contributed by atoms with Gasteiger partial charge in [0.2, 0.25) is 0 Å². The van der Waals surface area contributed by atoms with Gasteiger partial charge in [-0.3, -0.25) is 9.69 Å². The molecule has 0 radical (unpaired) electrons. The summed E-state index contributed by atoms with van der Waals surface area (Å²) in [6, 6.07) is 19.5. The molecule has 3 aromatic rings. The van der Waals surface area contributed by atoms with Gasteiger partial charge in [0, 0.05) is 63.9 Å². The van der Waals surface area contributed by atoms with Crippen LogP contribution in [0.2, 0.25) is 0 Å². The Labute approximate surface area is 207 Å². The number of phenols is 1. The van der Waals surface area contributed by atoms with Crippen molar-refractivity contribution in [2.45, 2.75) is 18.9 Å². The molecule has 35 heavy (non-hydrogen) atoms. The maximum Gasteiger partial charge on any atom is 0.255 e. The highest BCUT2D eigenvalue weighted by molar-refractivity contribution is 5.96. The molecule has 1 atom stereocenters. The molecular weight excluding hydrogens is 440 g/mol. The number of benzene rings is 2. The van der Waals surface area contributed by atoms with E-state index in [9.17, 15) is 9.90 Å². The van der Waals surface area contributed by atoms with Gasteiger partial charge in [0.05, 0.1) is 17.4 Å². The molecule has 0 saturated carbocycles. The number of fused-ring (bicyclic) bond motifs is 1. The van der Waals surface area contributed by atoms with E-state index in [1.807, 2.05) is 47.5 Å². The number of anilines is 1. The molecule has 5 rings (SSSR count). The van der Waals surface area contributed by atoms with Crippen LogP contribution >= 0.6 is 0 Å². The smallest absolute Gasteiger partial charge is 0.255 e. The fraction of sp³-hybridized carbons (Fsp3) is 0.393. The summed E-state index contributed by atoms with van der Waals surface area (Å²) in [5.41, 5.74) is 3.91. The number of methoxy groups -OCH3 is 1. The highest BCUT2D eigenvalue weighted by Gasteiger charge is 2.31. The van der Waals surface area contributed by atoms with Crippen molar-refractivity contribution < 1.29 is 14.6 Å². The van der Waals surface area contributed by atoms with E-state index in [2.05, 4.69) is 26.5 Å². The standard InChI is InChI=1S/C28H34N4O3/c1-35-26-13-16-31(28(34)25-12-17-32(27(25)26)23-6-3-2-4-7-23)15-5-14-29-18-20-30(21-19-29)22-8-10-24(33)11-9-22/h2-4,6-12,17,26,33H,5,13-16,18-21H2,1H3. The third-order valence-electron chi connectivity index (χ3n) is 7.22. The first-order chi connectivity index (χ1) is 17.1. The Morgan fingerprint density at radius 2 is 1.63 bits per heavy atom. The summed E-state index contributed by atoms with van der Waals surface area (Å²) < 4.78 is 7.94. The Balaban J connectivity index is 1.18. The molecule has 0 aliphatic carbocycles. The molecule has 7 heteroatoms. The number of ether oxygens (including phenoxy) is 1. The fourth-order valence-electron chi connectivity index (χ4n) is 5.27. The molecular formula is C28H34N4O3. The van der Waals surface area contributed by atoms with Crippen LogP contribution in [0, 0.1) is 0 Å². The van der Waals surface area contributed by atoms with E-state index >= 15 is 0 Å². The predicted molar refractivity (Wildman–Crippen MR) is 137 cm³/mol. The number of aromatic nitrogens is 1. The molecule has 1 saturated heterocycles. The number of amides is 1. The maximum atomic E-state index is 13.5. The Bertz CT molecular complexity index is 1120. The molecule has 3 heterocycles. The van der Waals surface area contributed by atoms with Crippen molar-refractivity contribution in [3.63, 3.8) is 0 Å². The first-order valence-corrected chi connectivity index (χ1v) is 12.5. The Morgan fingerprint density at radius 1 is 0.886 bits per heavy atom. The largest absolute Gasteiger partial charge is 0.508 e. The van der Waals surface area contributed by atoms with E-state index in [4.69, 9.17) is 4.74 Å². The average molecular weight is 475 g/mol. The normalized spacial score (nSPS) is 19.0. The molecule has 1 amide bonds. The maximum absolute atomic E-state index is 13.5. The SMILES string of the molecule is COC1CCN(CCCN2CCN(c3ccc(O)cc3)CC2)C(=O)c2ccn(-c3ccccc3)c21. The lowest BCUT2D eigenvalue weighted by Crippen LogP contribution is -2.47. The third-order valence-corrected chi connectivity index (χ3v) is 7.22. The minimum absolute atomic E-state index is 0.103. The van der Waals surface area contributed by atoms with Gasteiger partial charge in [0.1, 0.15) is 5.75 Å². The molecule has 1 fully saturated rings. The van der Waals surface area contributed by atoms with Crippen molar-refractivity contribution >= 4 is 11.6 Å². The van der Waals surface area contributed by atoms with Crippen LogP contribution in [0.1, 0.15) is 35.0 Å². The number of carbonyl (C=O) groups is 1. The van der Waals surface area contributed by atoms with E-state index in [0.717, 1.165) is 74.7 Å². The van der Waals surface area contributed by atoms with E-state index in [0.29, 0.717) is 12.3 Å². The fourth-order valence-corrected chi connectivity index (χ4v) is 5.27. The first-order valence-electron chi connectivity index (χ1n) is 12.5. The minimum Gasteiger partial charge on any atom is -0.508 e. The van der Waals surface area contributed by atoms with Crippen molar-refractivity contribution in [3.05, 3.63) is 78.1 Å². The van der Waals surface area contributed by atoms with Crippen molar-refractivity contribution in [1.82, 2.24) is 14.4 Å². The second-order valence-electron chi connectivity index (χ2n) is 9.32. The van der Waals surface area contributed by atoms with Crippen molar-refractivity contribution in [2.24, 2.45) is 0 Å². The van der Waals surface area contributed by atoms with E-state index < -0.39 is 0 Å². The summed E-state index contributed by atoms with van der Waals surface area (Å²) in [5, 5.41) is 9.51. The van der Waals surface area contributed by atoms with Gasteiger partial charge in [-0.1, -0.05) is 18.2 Å². The molecule has 0 spiro atoms. The number of carbonyl (C=O) groups excluding carboxylic acids is 1. The van der Waals surface area contributed by atoms with Gasteiger partial charge in [0.25, 0.3) is 5.91 Å². The summed E-state index contributed by atoms with van der Waals surface area (Å²) >= 11 is 0. The Hall–Kier alpha value is -3.29. The number of hydrogen-bond donors (Lipinski definition) is 1. The zero-order valence-electron chi connectivity index (χ0n) is 20.3. The lowest BCUT2D eigenvalue weighted by molar-refractivity contribution is 0.0690. The highest BCUT2D eigenvalue weighted by Crippen LogP contribution is 2.32. The summed E-state index contributed by atoms with van der Waals surface area (Å²) in [6.45, 7) is 6.39. The quantitative estimate of drug-likeness (QED) is 0.562. The average Bonchev–Trinajstić information content (AvgIpc) is 3.29. The topological polar surface area (TPSA) is 61.2 Å². The number of hydrogen-bond acceptors (Lipinski definition) is 5. The van der Waals surface area contributed by atoms with Gasteiger partial charge in [-0.2, -0.15) is 0 Å². The van der Waals surface area contributed by atoms with Crippen LogP contribution in [0.25, 0.3) is 5.69 Å². The molecule has 1 N–H and O–H groups in total. The molecule has 1 unspecified atom stereocenters. The minimum atomic E-state index is -0.109. The van der Waals surface area contributed by atoms with Crippen molar-refractivity contribution in [1.29, 1.82) is 0 Å². The number of nitrogens with zero attached hydrogens (tertiary/aromatic N) is 4. The third kappa shape index (κ3) is 5.06. The first kappa shape index (κ1) is 23.5. The summed E-state index contributed by atoms with van der Waals surface area (Å²) in [5.74, 6) is 0.405. The molecule has 2 aliphatic rings. The van der Waals surface area contributed by atoms with E-state index in [1.54, 1.807) is 19.2 Å². The zero-order valence-corrected chi connectivity index (χ0v) is 20.3. The van der Waals surface area contributed by atoms with Crippen LogP contribution in [0.3, 0.4) is 0 Å². The number of phenolic OH excluding ortho intramolecular Hbond substituents is 1. The number of piperazine rings is 1. The van der Waals surface area contributed by atoms with Gasteiger partial charge in [-0.05, 0) is 61.9 Å². The van der Waals surface area contributed by atoms with Crippen LogP contribution in [0.5, 0.6) is 5.75 Å². The monoisotopic (exact) mass is 474 g/mol. The van der Waals surface area contributed by atoms with E-state index in [1.165, 1.54) is 0 Å². The van der Waals surface area contributed by atoms with Gasteiger partial charge in [-0.15, -0.1) is 0 Å². The number of aromatic hydroxyl groups is 1. The zero-order chi connectivity index (χ0) is 24.2. The molecule has 7 nitrogen and oxygen atoms in total. The molecule has 2 aromatic carbocycles. The molecule has 2 aliphatic heterocycles. The predicted octanol–water partition coefficient (Wildman–Crippen LogP) is 3.93. The van der Waals surface area contributed by atoms with Gasteiger partial charge in [-0.25, -0.2) is 0 Å². The van der Waals surface area contributed by atoms with Crippen LogP contribution in [-0.4, -0.2) is 78.3 Å². The second-order valence-corrected chi connectivity index (χ2v) is 9.32. The Morgan fingerprint density at radius 3 is 2.34 bits per heavy atom. The van der Waals surface area contributed by atoms with Crippen molar-refractivity contribution in [2.75, 3.05) is 57.8 Å². The van der Waals surface area contributed by atoms with Gasteiger partial charge >= 0.3 is 0 Å². The summed E-state index contributed by atoms with van der Waals surface area (Å²) in [7, 11) is 1.73. The van der Waals surface area contributed by atoms with Gasteiger partial charge in [0.15, 0.2) is 0 Å². The van der Waals surface area contributed by atoms with Crippen molar-refractivity contribution in [3.8, 4) is 11.4 Å². The van der Waals surface area contributed by atoms with Gasteiger partial charge < -0.3 is 24.2 Å². The lowest BCUT2D eigenvalue weighted by atomic mass is 10.1. The molecule has 1 aromatic heterocycles. The lowest BCUT2D eigenvalue weighted by Gasteiger charge is -2.36. The second kappa shape index (κ2) is 10.5. The highest BCUT2D eigenvalue weighted by atomic mass is 16.5. The number of rotatable bonds is 7. The molecule has 0 bridgehead atoms. The van der Waals surface area contributed by atoms with Crippen LogP contribution in [0.15, 0.2) is 66.9 Å².